The summed E-state index contributed by atoms with van der Waals surface area (Å²) in [6, 6.07) is 12.6. The van der Waals surface area contributed by atoms with E-state index in [1.807, 2.05) is 29.2 Å². The van der Waals surface area contributed by atoms with Crippen LogP contribution in [0.4, 0.5) is 5.69 Å². The first-order valence-electron chi connectivity index (χ1n) is 8.47. The molecule has 0 aliphatic heterocycles. The number of carbonyl (C=O) groups excluding carboxylic acids is 1. The Balaban J connectivity index is 1.70. The van der Waals surface area contributed by atoms with Crippen LogP contribution in [0.2, 0.25) is 0 Å². The molecule has 0 bridgehead atoms. The fourth-order valence-electron chi connectivity index (χ4n) is 2.72. The van der Waals surface area contributed by atoms with Crippen LogP contribution in [-0.2, 0) is 17.9 Å². The molecule has 0 spiro atoms. The van der Waals surface area contributed by atoms with Crippen molar-refractivity contribution >= 4 is 11.6 Å². The molecule has 0 radical (unpaired) electrons. The van der Waals surface area contributed by atoms with Crippen LogP contribution in [0.5, 0.6) is 11.5 Å². The van der Waals surface area contributed by atoms with Crippen LogP contribution in [0.3, 0.4) is 0 Å². The van der Waals surface area contributed by atoms with Gasteiger partial charge in [-0.25, -0.2) is 0 Å². The third-order valence-corrected chi connectivity index (χ3v) is 3.97. The number of hydrogen-bond donors (Lipinski definition) is 1. The molecule has 0 fully saturated rings. The first-order valence-corrected chi connectivity index (χ1v) is 8.47. The molecule has 1 amide bonds. The number of benzene rings is 1. The molecular weight excluding hydrogens is 348 g/mol. The maximum Gasteiger partial charge on any atom is 0.238 e. The van der Waals surface area contributed by atoms with E-state index in [0.29, 0.717) is 30.3 Å². The third kappa shape index (κ3) is 5.15. The highest BCUT2D eigenvalue weighted by atomic mass is 16.5. The minimum atomic E-state index is -0.181. The molecule has 0 aliphatic rings. The Morgan fingerprint density at radius 1 is 1.00 bits per heavy atom. The number of nitrogens with one attached hydrogen (secondary N) is 1. The zero-order valence-corrected chi connectivity index (χ0v) is 15.3. The average molecular weight is 370 g/mol. The predicted molar refractivity (Wildman–Crippen MR) is 99.7 cm³/mol. The molecule has 0 unspecified atom stereocenters. The molecule has 27 heavy (non-hydrogen) atoms. The monoisotopic (exact) mass is 370 g/mol. The molecule has 0 saturated carbocycles. The van der Waals surface area contributed by atoms with E-state index in [2.05, 4.69) is 5.32 Å². The summed E-state index contributed by atoms with van der Waals surface area (Å²) in [5.41, 5.74) is 0.554. The van der Waals surface area contributed by atoms with Gasteiger partial charge in [-0.15, -0.1) is 0 Å². The van der Waals surface area contributed by atoms with E-state index in [0.717, 1.165) is 11.5 Å². The molecule has 0 aliphatic carbocycles. The van der Waals surface area contributed by atoms with Crippen molar-refractivity contribution in [2.45, 2.75) is 13.1 Å². The summed E-state index contributed by atoms with van der Waals surface area (Å²) in [7, 11) is 3.12. The van der Waals surface area contributed by atoms with Gasteiger partial charge in [0, 0.05) is 6.07 Å². The van der Waals surface area contributed by atoms with Crippen LogP contribution < -0.4 is 14.8 Å². The summed E-state index contributed by atoms with van der Waals surface area (Å²) in [4.78, 5) is 14.6. The lowest BCUT2D eigenvalue weighted by molar-refractivity contribution is -0.117. The Hall–Kier alpha value is -3.19. The highest BCUT2D eigenvalue weighted by Gasteiger charge is 2.16. The average Bonchev–Trinajstić information content (AvgIpc) is 3.35. The number of anilines is 1. The SMILES string of the molecule is COc1ccc(OC)c(NC(=O)CN(Cc2ccco2)Cc2ccco2)c1. The molecule has 3 rings (SSSR count). The second-order valence-corrected chi connectivity index (χ2v) is 5.92. The number of carbonyl (C=O) groups is 1. The third-order valence-electron chi connectivity index (χ3n) is 3.97. The lowest BCUT2D eigenvalue weighted by Crippen LogP contribution is -2.32. The molecule has 0 saturated heterocycles. The van der Waals surface area contributed by atoms with E-state index in [9.17, 15) is 4.79 Å². The normalized spacial score (nSPS) is 10.8. The van der Waals surface area contributed by atoms with Gasteiger partial charge in [0.15, 0.2) is 0 Å². The number of nitrogens with zero attached hydrogens (tertiary/aromatic N) is 1. The van der Waals surface area contributed by atoms with Crippen molar-refractivity contribution in [2.75, 3.05) is 26.1 Å². The second kappa shape index (κ2) is 8.95. The number of rotatable bonds is 9. The number of hydrogen-bond acceptors (Lipinski definition) is 6. The maximum absolute atomic E-state index is 12.6. The van der Waals surface area contributed by atoms with E-state index >= 15 is 0 Å². The van der Waals surface area contributed by atoms with Crippen molar-refractivity contribution in [2.24, 2.45) is 0 Å². The largest absolute Gasteiger partial charge is 0.497 e. The van der Waals surface area contributed by atoms with Gasteiger partial charge in [-0.1, -0.05) is 0 Å². The van der Waals surface area contributed by atoms with E-state index in [1.54, 1.807) is 44.9 Å². The first kappa shape index (κ1) is 18.6. The van der Waals surface area contributed by atoms with Crippen LogP contribution in [0.1, 0.15) is 11.5 Å². The Morgan fingerprint density at radius 2 is 1.67 bits per heavy atom. The quantitative estimate of drug-likeness (QED) is 0.621. The summed E-state index contributed by atoms with van der Waals surface area (Å²) in [5.74, 6) is 2.56. The van der Waals surface area contributed by atoms with E-state index < -0.39 is 0 Å². The molecule has 2 heterocycles. The zero-order valence-electron chi connectivity index (χ0n) is 15.3. The summed E-state index contributed by atoms with van der Waals surface area (Å²) >= 11 is 0. The van der Waals surface area contributed by atoms with Crippen molar-refractivity contribution in [3.63, 3.8) is 0 Å². The molecule has 3 aromatic rings. The molecule has 1 N–H and O–H groups in total. The van der Waals surface area contributed by atoms with Gasteiger partial charge in [-0.2, -0.15) is 0 Å². The Labute approximate surface area is 157 Å². The molecule has 0 atom stereocenters. The standard InChI is InChI=1S/C20H22N2O5/c1-24-15-7-8-19(25-2)18(11-15)21-20(23)14-22(12-16-5-3-9-26-16)13-17-6-4-10-27-17/h3-11H,12-14H2,1-2H3,(H,21,23). The van der Waals surface area contributed by atoms with Gasteiger partial charge in [0.1, 0.15) is 23.0 Å². The van der Waals surface area contributed by atoms with Gasteiger partial charge < -0.3 is 23.6 Å². The minimum absolute atomic E-state index is 0.155. The number of methoxy groups -OCH3 is 2. The van der Waals surface area contributed by atoms with Gasteiger partial charge in [0.2, 0.25) is 5.91 Å². The summed E-state index contributed by atoms with van der Waals surface area (Å²) in [5, 5.41) is 2.88. The van der Waals surface area contributed by atoms with Gasteiger partial charge in [0.05, 0.1) is 52.1 Å². The Kier molecular flexibility index (Phi) is 6.17. The van der Waals surface area contributed by atoms with Crippen LogP contribution in [0.25, 0.3) is 0 Å². The van der Waals surface area contributed by atoms with Crippen molar-refractivity contribution in [1.29, 1.82) is 0 Å². The first-order chi connectivity index (χ1) is 13.2. The van der Waals surface area contributed by atoms with E-state index in [-0.39, 0.29) is 12.5 Å². The Bertz CT molecular complexity index is 807. The van der Waals surface area contributed by atoms with Gasteiger partial charge in [0.25, 0.3) is 0 Å². The van der Waals surface area contributed by atoms with Crippen LogP contribution in [0.15, 0.2) is 63.8 Å². The zero-order chi connectivity index (χ0) is 19.1. The van der Waals surface area contributed by atoms with Crippen molar-refractivity contribution < 1.29 is 23.1 Å². The fraction of sp³-hybridized carbons (Fsp3) is 0.250. The van der Waals surface area contributed by atoms with Gasteiger partial charge in [-0.3, -0.25) is 9.69 Å². The van der Waals surface area contributed by atoms with E-state index in [4.69, 9.17) is 18.3 Å². The molecule has 7 nitrogen and oxygen atoms in total. The highest BCUT2D eigenvalue weighted by molar-refractivity contribution is 5.94. The van der Waals surface area contributed by atoms with Crippen LogP contribution in [0, 0.1) is 0 Å². The summed E-state index contributed by atoms with van der Waals surface area (Å²) in [6.07, 6.45) is 3.23. The van der Waals surface area contributed by atoms with E-state index in [1.165, 1.54) is 0 Å². The van der Waals surface area contributed by atoms with Crippen LogP contribution in [-0.4, -0.2) is 31.6 Å². The van der Waals surface area contributed by atoms with Crippen molar-refractivity contribution in [1.82, 2.24) is 4.90 Å². The molecule has 2 aromatic heterocycles. The number of ether oxygens (including phenoxy) is 2. The highest BCUT2D eigenvalue weighted by Crippen LogP contribution is 2.28. The predicted octanol–water partition coefficient (Wildman–Crippen LogP) is 3.53. The summed E-state index contributed by atoms with van der Waals surface area (Å²) < 4.78 is 21.3. The van der Waals surface area contributed by atoms with Crippen molar-refractivity contribution in [3.8, 4) is 11.5 Å². The molecule has 7 heteroatoms. The lowest BCUT2D eigenvalue weighted by Gasteiger charge is -2.20. The topological polar surface area (TPSA) is 77.1 Å². The van der Waals surface area contributed by atoms with Crippen LogP contribution >= 0.6 is 0 Å². The summed E-state index contributed by atoms with van der Waals surface area (Å²) in [6.45, 7) is 1.12. The smallest absolute Gasteiger partial charge is 0.238 e. The number of furan rings is 2. The van der Waals surface area contributed by atoms with Gasteiger partial charge in [-0.05, 0) is 36.4 Å². The fourth-order valence-corrected chi connectivity index (χ4v) is 2.72. The molecule has 1 aromatic carbocycles. The Morgan fingerprint density at radius 3 is 2.19 bits per heavy atom. The molecular formula is C20H22N2O5. The lowest BCUT2D eigenvalue weighted by atomic mass is 10.2. The van der Waals surface area contributed by atoms with Gasteiger partial charge >= 0.3 is 0 Å². The minimum Gasteiger partial charge on any atom is -0.497 e. The maximum atomic E-state index is 12.6. The molecule has 142 valence electrons. The second-order valence-electron chi connectivity index (χ2n) is 5.92. The van der Waals surface area contributed by atoms with Crippen molar-refractivity contribution in [3.05, 3.63) is 66.5 Å². The number of amides is 1.